The molecule has 36 heavy (non-hydrogen) atoms. The van der Waals surface area contributed by atoms with E-state index in [9.17, 15) is 9.18 Å². The standard InChI is InChI=1S/C26H29ClF2N4O3/c1-25(2,3)36-24(34)32-10-11-33(26(4,5)13-32)23-15-12-16(27)19(21(29)22(15)30-14-31-23)20-17(28)8-7-9-18(20)35-6/h7-9,12,14H,10-11,13H2,1-6H3. The molecule has 4 rings (SSSR count). The molecule has 0 atom stereocenters. The second kappa shape index (κ2) is 9.35. The molecule has 10 heteroatoms. The van der Waals surface area contributed by atoms with Crippen molar-refractivity contribution in [2.75, 3.05) is 31.6 Å². The van der Waals surface area contributed by atoms with Gasteiger partial charge in [0.25, 0.3) is 0 Å². The number of benzene rings is 2. The number of halogens is 3. The maximum Gasteiger partial charge on any atom is 0.410 e. The Balaban J connectivity index is 1.77. The van der Waals surface area contributed by atoms with Crippen molar-refractivity contribution in [1.82, 2.24) is 14.9 Å². The monoisotopic (exact) mass is 518 g/mol. The Bertz CT molecular complexity index is 1330. The molecule has 1 aliphatic heterocycles. The van der Waals surface area contributed by atoms with Crippen LogP contribution in [0.3, 0.4) is 0 Å². The number of ether oxygens (including phenoxy) is 2. The van der Waals surface area contributed by atoms with Crippen LogP contribution in [0.5, 0.6) is 5.75 Å². The van der Waals surface area contributed by atoms with Crippen molar-refractivity contribution in [3.05, 3.63) is 47.2 Å². The predicted octanol–water partition coefficient (Wildman–Crippen LogP) is 6.07. The van der Waals surface area contributed by atoms with Crippen LogP contribution in [0.1, 0.15) is 34.6 Å². The van der Waals surface area contributed by atoms with Gasteiger partial charge in [0.05, 0.1) is 23.2 Å². The van der Waals surface area contributed by atoms with Gasteiger partial charge in [-0.2, -0.15) is 0 Å². The third kappa shape index (κ3) is 4.76. The molecule has 0 unspecified atom stereocenters. The number of nitrogens with zero attached hydrogens (tertiary/aromatic N) is 4. The van der Waals surface area contributed by atoms with Gasteiger partial charge in [-0.05, 0) is 52.8 Å². The minimum Gasteiger partial charge on any atom is -0.496 e. The van der Waals surface area contributed by atoms with Gasteiger partial charge in [0, 0.05) is 30.6 Å². The molecule has 2 aromatic carbocycles. The maximum atomic E-state index is 15.9. The van der Waals surface area contributed by atoms with Crippen LogP contribution in [0.4, 0.5) is 19.4 Å². The molecule has 0 spiro atoms. The van der Waals surface area contributed by atoms with Gasteiger partial charge in [-0.25, -0.2) is 23.5 Å². The van der Waals surface area contributed by atoms with Crippen molar-refractivity contribution in [3.63, 3.8) is 0 Å². The van der Waals surface area contributed by atoms with Crippen LogP contribution >= 0.6 is 11.6 Å². The molecule has 1 aliphatic rings. The number of carbonyl (C=O) groups excluding carboxylic acids is 1. The van der Waals surface area contributed by atoms with Gasteiger partial charge in [-0.15, -0.1) is 0 Å². The number of anilines is 1. The molecule has 1 aromatic heterocycles. The summed E-state index contributed by atoms with van der Waals surface area (Å²) in [7, 11) is 1.38. The number of hydrogen-bond donors (Lipinski definition) is 0. The largest absolute Gasteiger partial charge is 0.496 e. The SMILES string of the molecule is COc1cccc(F)c1-c1c(Cl)cc2c(N3CCN(C(=O)OC(C)(C)C)CC3(C)C)ncnc2c1F. The summed E-state index contributed by atoms with van der Waals surface area (Å²) in [5.41, 5.74) is -1.36. The summed E-state index contributed by atoms with van der Waals surface area (Å²) in [4.78, 5) is 24.9. The molecule has 1 saturated heterocycles. The molecular formula is C26H29ClF2N4O3. The Morgan fingerprint density at radius 2 is 1.86 bits per heavy atom. The minimum atomic E-state index is -0.769. The van der Waals surface area contributed by atoms with E-state index in [4.69, 9.17) is 21.1 Å². The highest BCUT2D eigenvalue weighted by Gasteiger charge is 2.39. The van der Waals surface area contributed by atoms with Crippen molar-refractivity contribution in [2.45, 2.75) is 45.8 Å². The fraction of sp³-hybridized carbons (Fsp3) is 0.423. The topological polar surface area (TPSA) is 67.8 Å². The Kier molecular flexibility index (Phi) is 6.72. The quantitative estimate of drug-likeness (QED) is 0.419. The van der Waals surface area contributed by atoms with E-state index in [0.717, 1.165) is 0 Å². The van der Waals surface area contributed by atoms with Crippen LogP contribution in [0, 0.1) is 11.6 Å². The molecule has 7 nitrogen and oxygen atoms in total. The summed E-state index contributed by atoms with van der Waals surface area (Å²) in [6.45, 7) is 10.6. The fourth-order valence-corrected chi connectivity index (χ4v) is 4.79. The van der Waals surface area contributed by atoms with Crippen molar-refractivity contribution < 1.29 is 23.0 Å². The summed E-state index contributed by atoms with van der Waals surface area (Å²) in [5.74, 6) is -0.802. The predicted molar refractivity (Wildman–Crippen MR) is 136 cm³/mol. The molecular weight excluding hydrogens is 490 g/mol. The van der Waals surface area contributed by atoms with Gasteiger partial charge >= 0.3 is 6.09 Å². The van der Waals surface area contributed by atoms with E-state index in [2.05, 4.69) is 9.97 Å². The van der Waals surface area contributed by atoms with Gasteiger partial charge in [0.1, 0.15) is 34.8 Å². The first-order valence-corrected chi connectivity index (χ1v) is 11.9. The van der Waals surface area contributed by atoms with Crippen LogP contribution in [-0.4, -0.2) is 58.8 Å². The Labute approximate surface area is 214 Å². The molecule has 0 N–H and O–H groups in total. The third-order valence-corrected chi connectivity index (χ3v) is 6.35. The van der Waals surface area contributed by atoms with E-state index in [1.165, 1.54) is 31.6 Å². The third-order valence-electron chi connectivity index (χ3n) is 6.05. The van der Waals surface area contributed by atoms with Crippen LogP contribution in [0.2, 0.25) is 5.02 Å². The Hall–Kier alpha value is -3.20. The smallest absolute Gasteiger partial charge is 0.410 e. The van der Waals surface area contributed by atoms with Crippen molar-refractivity contribution in [2.24, 2.45) is 0 Å². The highest BCUT2D eigenvalue weighted by Crippen LogP contribution is 2.43. The van der Waals surface area contributed by atoms with E-state index in [0.29, 0.717) is 30.8 Å². The highest BCUT2D eigenvalue weighted by atomic mass is 35.5. The van der Waals surface area contributed by atoms with Crippen molar-refractivity contribution in [3.8, 4) is 16.9 Å². The number of fused-ring (bicyclic) bond motifs is 1. The first-order chi connectivity index (χ1) is 16.8. The molecule has 2 heterocycles. The number of aromatic nitrogens is 2. The van der Waals surface area contributed by atoms with Gasteiger partial charge < -0.3 is 19.3 Å². The average Bonchev–Trinajstić information content (AvgIpc) is 2.78. The summed E-state index contributed by atoms with van der Waals surface area (Å²) in [6.07, 6.45) is 0.883. The first kappa shape index (κ1) is 25.9. The lowest BCUT2D eigenvalue weighted by atomic mass is 9.97. The molecule has 0 radical (unpaired) electrons. The lowest BCUT2D eigenvalue weighted by molar-refractivity contribution is 0.0179. The van der Waals surface area contributed by atoms with Crippen molar-refractivity contribution >= 4 is 34.4 Å². The zero-order valence-corrected chi connectivity index (χ0v) is 21.9. The summed E-state index contributed by atoms with van der Waals surface area (Å²) < 4.78 is 41.5. The second-order valence-electron chi connectivity index (χ2n) is 10.3. The van der Waals surface area contributed by atoms with Crippen LogP contribution in [0.15, 0.2) is 30.6 Å². The first-order valence-electron chi connectivity index (χ1n) is 11.5. The minimum absolute atomic E-state index is 0.00430. The number of amides is 1. The van der Waals surface area contributed by atoms with Crippen molar-refractivity contribution in [1.29, 1.82) is 0 Å². The van der Waals surface area contributed by atoms with E-state index in [1.807, 2.05) is 39.5 Å². The lowest BCUT2D eigenvalue weighted by Crippen LogP contribution is -2.61. The number of rotatable bonds is 3. The Morgan fingerprint density at radius 1 is 1.14 bits per heavy atom. The van der Waals surface area contributed by atoms with Crippen LogP contribution < -0.4 is 9.64 Å². The van der Waals surface area contributed by atoms with Gasteiger partial charge in [0.15, 0.2) is 5.82 Å². The number of piperazine rings is 1. The number of hydrogen-bond acceptors (Lipinski definition) is 6. The molecule has 192 valence electrons. The second-order valence-corrected chi connectivity index (χ2v) is 10.7. The number of methoxy groups -OCH3 is 1. The summed E-state index contributed by atoms with van der Waals surface area (Å²) >= 11 is 6.55. The summed E-state index contributed by atoms with van der Waals surface area (Å²) in [6, 6.07) is 5.78. The zero-order valence-electron chi connectivity index (χ0n) is 21.2. The zero-order chi connectivity index (χ0) is 26.4. The molecule has 1 amide bonds. The maximum absolute atomic E-state index is 15.9. The van der Waals surface area contributed by atoms with Gasteiger partial charge in [-0.1, -0.05) is 17.7 Å². The molecule has 0 saturated carbocycles. The summed E-state index contributed by atoms with van der Waals surface area (Å²) in [5, 5.41) is 0.391. The lowest BCUT2D eigenvalue weighted by Gasteiger charge is -2.47. The van der Waals surface area contributed by atoms with Gasteiger partial charge in [-0.3, -0.25) is 0 Å². The van der Waals surface area contributed by atoms with E-state index in [-0.39, 0.29) is 33.5 Å². The van der Waals surface area contributed by atoms with E-state index in [1.54, 1.807) is 11.0 Å². The molecule has 3 aromatic rings. The van der Waals surface area contributed by atoms with Gasteiger partial charge in [0.2, 0.25) is 0 Å². The fourth-order valence-electron chi connectivity index (χ4n) is 4.51. The molecule has 0 bridgehead atoms. The highest BCUT2D eigenvalue weighted by molar-refractivity contribution is 6.34. The Morgan fingerprint density at radius 3 is 2.50 bits per heavy atom. The average molecular weight is 519 g/mol. The van der Waals surface area contributed by atoms with Crippen LogP contribution in [-0.2, 0) is 4.74 Å². The van der Waals surface area contributed by atoms with E-state index < -0.39 is 22.8 Å². The molecule has 0 aliphatic carbocycles. The number of carbonyl (C=O) groups is 1. The normalized spacial score (nSPS) is 15.8. The van der Waals surface area contributed by atoms with Crippen LogP contribution in [0.25, 0.3) is 22.0 Å². The molecule has 1 fully saturated rings. The van der Waals surface area contributed by atoms with E-state index >= 15 is 4.39 Å².